The first kappa shape index (κ1) is 10.1. The lowest BCUT2D eigenvalue weighted by atomic mass is 10.1. The van der Waals surface area contributed by atoms with Gasteiger partial charge in [-0.2, -0.15) is 0 Å². The van der Waals surface area contributed by atoms with Crippen LogP contribution < -0.4 is 4.74 Å². The van der Waals surface area contributed by atoms with Crippen molar-refractivity contribution >= 4 is 26.7 Å². The van der Waals surface area contributed by atoms with E-state index in [0.717, 1.165) is 15.6 Å². The van der Waals surface area contributed by atoms with E-state index in [2.05, 4.69) is 27.9 Å². The average molecular weight is 261 g/mol. The van der Waals surface area contributed by atoms with Crippen LogP contribution in [0.4, 0.5) is 0 Å². The molecule has 0 aliphatic rings. The van der Waals surface area contributed by atoms with Crippen LogP contribution >= 0.6 is 15.9 Å². The van der Waals surface area contributed by atoms with Crippen molar-refractivity contribution in [3.63, 3.8) is 0 Å². The topological polar surface area (TPSA) is 9.23 Å². The van der Waals surface area contributed by atoms with E-state index in [-0.39, 0.29) is 6.61 Å². The Balaban J connectivity index is 2.51. The highest BCUT2D eigenvalue weighted by Gasteiger charge is 2.04. The molecule has 0 aromatic heterocycles. The second-order valence-electron chi connectivity index (χ2n) is 3.09. The second kappa shape index (κ2) is 4.37. The van der Waals surface area contributed by atoms with Crippen molar-refractivity contribution in [3.8, 4) is 18.1 Å². The molecule has 0 atom stereocenters. The molecule has 15 heavy (non-hydrogen) atoms. The molecule has 1 nitrogen and oxygen atoms in total. The minimum absolute atomic E-state index is 0.289. The fraction of sp³-hybridized carbons (Fsp3) is 0.0769. The summed E-state index contributed by atoms with van der Waals surface area (Å²) in [6, 6.07) is 12.1. The molecule has 2 aromatic carbocycles. The smallest absolute Gasteiger partial charge is 0.148 e. The van der Waals surface area contributed by atoms with Crippen molar-refractivity contribution in [2.24, 2.45) is 0 Å². The Bertz CT molecular complexity index is 526. The van der Waals surface area contributed by atoms with E-state index in [9.17, 15) is 0 Å². The van der Waals surface area contributed by atoms with Crippen LogP contribution in [-0.4, -0.2) is 6.61 Å². The van der Waals surface area contributed by atoms with E-state index in [0.29, 0.717) is 0 Å². The summed E-state index contributed by atoms with van der Waals surface area (Å²) in [4.78, 5) is 0. The van der Waals surface area contributed by atoms with Crippen molar-refractivity contribution in [1.29, 1.82) is 0 Å². The summed E-state index contributed by atoms with van der Waals surface area (Å²) in [7, 11) is 0. The van der Waals surface area contributed by atoms with Crippen molar-refractivity contribution in [1.82, 2.24) is 0 Å². The lowest BCUT2D eigenvalue weighted by Crippen LogP contribution is -1.94. The highest BCUT2D eigenvalue weighted by Crippen LogP contribution is 2.32. The predicted molar refractivity (Wildman–Crippen MR) is 66.0 cm³/mol. The number of terminal acetylenes is 1. The van der Waals surface area contributed by atoms with Gasteiger partial charge in [0.2, 0.25) is 0 Å². The van der Waals surface area contributed by atoms with Crippen LogP contribution in [0.1, 0.15) is 0 Å². The maximum absolute atomic E-state index is 5.41. The molecule has 0 aliphatic heterocycles. The van der Waals surface area contributed by atoms with Crippen LogP contribution in [0.15, 0.2) is 40.9 Å². The van der Waals surface area contributed by atoms with Gasteiger partial charge in [-0.25, -0.2) is 0 Å². The summed E-state index contributed by atoms with van der Waals surface area (Å²) < 4.78 is 6.37. The number of hydrogen-bond donors (Lipinski definition) is 0. The average Bonchev–Trinajstić information content (AvgIpc) is 2.29. The molecule has 0 heterocycles. The van der Waals surface area contributed by atoms with Crippen molar-refractivity contribution in [2.75, 3.05) is 6.61 Å². The molecule has 2 rings (SSSR count). The minimum Gasteiger partial charge on any atom is -0.480 e. The van der Waals surface area contributed by atoms with Gasteiger partial charge < -0.3 is 4.74 Å². The first-order chi connectivity index (χ1) is 7.33. The summed E-state index contributed by atoms with van der Waals surface area (Å²) >= 11 is 3.52. The molecule has 0 bridgehead atoms. The Morgan fingerprint density at radius 1 is 1.20 bits per heavy atom. The molecule has 74 valence electrons. The summed E-state index contributed by atoms with van der Waals surface area (Å²) in [5.41, 5.74) is 0. The van der Waals surface area contributed by atoms with Crippen LogP contribution in [0.2, 0.25) is 0 Å². The molecule has 0 amide bonds. The number of ether oxygens (including phenoxy) is 1. The predicted octanol–water partition coefficient (Wildman–Crippen LogP) is 3.61. The summed E-state index contributed by atoms with van der Waals surface area (Å²) in [6.45, 7) is 0.289. The van der Waals surface area contributed by atoms with Crippen LogP contribution in [0.3, 0.4) is 0 Å². The Kier molecular flexibility index (Phi) is 2.94. The summed E-state index contributed by atoms with van der Waals surface area (Å²) in [5.74, 6) is 3.23. The molecular formula is C13H9BrO. The van der Waals surface area contributed by atoms with Gasteiger partial charge in [0.25, 0.3) is 0 Å². The first-order valence-electron chi connectivity index (χ1n) is 4.56. The molecule has 0 saturated heterocycles. The Labute approximate surface area is 97.2 Å². The number of benzene rings is 2. The summed E-state index contributed by atoms with van der Waals surface area (Å²) in [5, 5.41) is 2.31. The molecule has 0 aliphatic carbocycles. The van der Waals surface area contributed by atoms with E-state index in [1.807, 2.05) is 30.3 Å². The van der Waals surface area contributed by atoms with Crippen LogP contribution in [0, 0.1) is 12.3 Å². The van der Waals surface area contributed by atoms with Gasteiger partial charge in [0.15, 0.2) is 0 Å². The van der Waals surface area contributed by atoms with E-state index >= 15 is 0 Å². The third-order valence-electron chi connectivity index (χ3n) is 2.14. The van der Waals surface area contributed by atoms with E-state index in [1.165, 1.54) is 5.39 Å². The van der Waals surface area contributed by atoms with Gasteiger partial charge in [0, 0.05) is 0 Å². The SMILES string of the molecule is C#CCOc1ccc2ccccc2c1Br. The fourth-order valence-electron chi connectivity index (χ4n) is 1.44. The zero-order valence-electron chi connectivity index (χ0n) is 8.03. The van der Waals surface area contributed by atoms with Crippen molar-refractivity contribution < 1.29 is 4.74 Å². The van der Waals surface area contributed by atoms with Gasteiger partial charge in [-0.05, 0) is 32.8 Å². The molecule has 0 spiro atoms. The number of hydrogen-bond acceptors (Lipinski definition) is 1. The van der Waals surface area contributed by atoms with Crippen LogP contribution in [-0.2, 0) is 0 Å². The van der Waals surface area contributed by atoms with Crippen molar-refractivity contribution in [2.45, 2.75) is 0 Å². The van der Waals surface area contributed by atoms with E-state index < -0.39 is 0 Å². The van der Waals surface area contributed by atoms with Gasteiger partial charge in [-0.15, -0.1) is 6.42 Å². The second-order valence-corrected chi connectivity index (χ2v) is 3.88. The van der Waals surface area contributed by atoms with E-state index in [1.54, 1.807) is 0 Å². The molecule has 2 aromatic rings. The van der Waals surface area contributed by atoms with E-state index in [4.69, 9.17) is 11.2 Å². The van der Waals surface area contributed by atoms with Gasteiger partial charge in [-0.1, -0.05) is 36.3 Å². The number of halogens is 1. The Morgan fingerprint density at radius 2 is 2.00 bits per heavy atom. The number of fused-ring (bicyclic) bond motifs is 1. The Morgan fingerprint density at radius 3 is 2.80 bits per heavy atom. The van der Waals surface area contributed by atoms with Gasteiger partial charge in [-0.3, -0.25) is 0 Å². The van der Waals surface area contributed by atoms with Crippen molar-refractivity contribution in [3.05, 3.63) is 40.9 Å². The first-order valence-corrected chi connectivity index (χ1v) is 5.36. The highest BCUT2D eigenvalue weighted by molar-refractivity contribution is 9.10. The zero-order chi connectivity index (χ0) is 10.7. The lowest BCUT2D eigenvalue weighted by Gasteiger charge is -2.07. The minimum atomic E-state index is 0.289. The molecule has 0 fully saturated rings. The quantitative estimate of drug-likeness (QED) is 0.750. The van der Waals surface area contributed by atoms with Crippen LogP contribution in [0.25, 0.3) is 10.8 Å². The van der Waals surface area contributed by atoms with Gasteiger partial charge >= 0.3 is 0 Å². The van der Waals surface area contributed by atoms with Crippen LogP contribution in [0.5, 0.6) is 5.75 Å². The maximum atomic E-state index is 5.41. The largest absolute Gasteiger partial charge is 0.480 e. The molecule has 0 N–H and O–H groups in total. The highest BCUT2D eigenvalue weighted by atomic mass is 79.9. The molecular weight excluding hydrogens is 252 g/mol. The normalized spacial score (nSPS) is 9.87. The molecule has 2 heteroatoms. The Hall–Kier alpha value is -1.46. The molecule has 0 unspecified atom stereocenters. The van der Waals surface area contributed by atoms with Gasteiger partial charge in [0.1, 0.15) is 12.4 Å². The van der Waals surface area contributed by atoms with Gasteiger partial charge in [0.05, 0.1) is 4.47 Å². The zero-order valence-corrected chi connectivity index (χ0v) is 9.62. The lowest BCUT2D eigenvalue weighted by molar-refractivity contribution is 0.369. The maximum Gasteiger partial charge on any atom is 0.148 e. The third kappa shape index (κ3) is 1.98. The molecule has 0 saturated carbocycles. The molecule has 0 radical (unpaired) electrons. The monoisotopic (exact) mass is 260 g/mol. The number of rotatable bonds is 2. The third-order valence-corrected chi connectivity index (χ3v) is 2.96. The fourth-order valence-corrected chi connectivity index (χ4v) is 2.05. The summed E-state index contributed by atoms with van der Waals surface area (Å²) in [6.07, 6.45) is 5.15. The standard InChI is InChI=1S/C13H9BrO/c1-2-9-15-12-8-7-10-5-3-4-6-11(10)13(12)14/h1,3-8H,9H2.